The minimum atomic E-state index is -0.119. The number of benzene rings is 3. The van der Waals surface area contributed by atoms with Gasteiger partial charge in [0.25, 0.3) is 0 Å². The molecular weight excluding hydrogens is 418 g/mol. The van der Waals surface area contributed by atoms with E-state index in [1.807, 2.05) is 60.7 Å². The van der Waals surface area contributed by atoms with Crippen molar-refractivity contribution in [1.29, 1.82) is 0 Å². The first-order valence-corrected chi connectivity index (χ1v) is 11.4. The van der Waals surface area contributed by atoms with Crippen LogP contribution >= 0.6 is 11.8 Å². The Bertz CT molecular complexity index is 1410. The summed E-state index contributed by atoms with van der Waals surface area (Å²) in [7, 11) is 0. The Labute approximate surface area is 189 Å². The Hall–Kier alpha value is -3.71. The van der Waals surface area contributed by atoms with Crippen molar-refractivity contribution in [3.05, 3.63) is 78.4 Å². The highest BCUT2D eigenvalue weighted by Gasteiger charge is 2.13. The average Bonchev–Trinajstić information content (AvgIpc) is 3.20. The van der Waals surface area contributed by atoms with Crippen LogP contribution in [0.5, 0.6) is 0 Å². The van der Waals surface area contributed by atoms with Gasteiger partial charge in [0.15, 0.2) is 5.65 Å². The van der Waals surface area contributed by atoms with Gasteiger partial charge in [-0.25, -0.2) is 4.98 Å². The molecule has 0 saturated heterocycles. The number of fused-ring (bicyclic) bond motifs is 3. The molecule has 1 amide bonds. The second-order valence-corrected chi connectivity index (χ2v) is 8.34. The Morgan fingerprint density at radius 2 is 1.81 bits per heavy atom. The highest BCUT2D eigenvalue weighted by atomic mass is 32.2. The Balaban J connectivity index is 1.31. The van der Waals surface area contributed by atoms with E-state index < -0.39 is 0 Å². The lowest BCUT2D eigenvalue weighted by molar-refractivity contribution is -0.113. The van der Waals surface area contributed by atoms with E-state index in [-0.39, 0.29) is 11.7 Å². The highest BCUT2D eigenvalue weighted by molar-refractivity contribution is 7.99. The molecule has 0 spiro atoms. The number of aryl methyl sites for hydroxylation is 1. The molecule has 2 aromatic heterocycles. The Kier molecular flexibility index (Phi) is 5.56. The first kappa shape index (κ1) is 20.2. The maximum absolute atomic E-state index is 12.6. The summed E-state index contributed by atoms with van der Waals surface area (Å²) in [6.45, 7) is 2.12. The number of hydrogen-bond acceptors (Lipinski definition) is 5. The van der Waals surface area contributed by atoms with Crippen LogP contribution in [0.4, 0.5) is 5.69 Å². The smallest absolute Gasteiger partial charge is 0.234 e. The molecule has 7 heteroatoms. The van der Waals surface area contributed by atoms with E-state index in [1.165, 1.54) is 17.3 Å². The standard InChI is InChI=1S/C25H21N5OS/c1-2-16-12-13-21-19(14-16)23-24(27-21)28-25(30-29-23)32-15-22(31)26-20-11-7-6-10-18(20)17-8-4-3-5-9-17/h3-14H,2,15H2,1H3,(H,26,31)(H,27,28,30). The van der Waals surface area contributed by atoms with E-state index in [2.05, 4.69) is 44.5 Å². The van der Waals surface area contributed by atoms with Crippen molar-refractivity contribution >= 4 is 45.4 Å². The summed E-state index contributed by atoms with van der Waals surface area (Å²) >= 11 is 1.27. The number of thioether (sulfide) groups is 1. The maximum atomic E-state index is 12.6. The van der Waals surface area contributed by atoms with Gasteiger partial charge in [-0.15, -0.1) is 10.2 Å². The van der Waals surface area contributed by atoms with Crippen LogP contribution in [0, 0.1) is 0 Å². The van der Waals surface area contributed by atoms with Crippen LogP contribution < -0.4 is 5.32 Å². The van der Waals surface area contributed by atoms with Crippen LogP contribution in [0.3, 0.4) is 0 Å². The van der Waals surface area contributed by atoms with E-state index >= 15 is 0 Å². The zero-order chi connectivity index (χ0) is 21.9. The van der Waals surface area contributed by atoms with Crippen LogP contribution in [0.1, 0.15) is 12.5 Å². The summed E-state index contributed by atoms with van der Waals surface area (Å²) in [6, 6.07) is 24.0. The maximum Gasteiger partial charge on any atom is 0.234 e. The van der Waals surface area contributed by atoms with Gasteiger partial charge in [-0.3, -0.25) is 4.79 Å². The summed E-state index contributed by atoms with van der Waals surface area (Å²) in [5, 5.41) is 13.1. The molecule has 2 heterocycles. The van der Waals surface area contributed by atoms with Crippen molar-refractivity contribution in [2.24, 2.45) is 0 Å². The lowest BCUT2D eigenvalue weighted by Gasteiger charge is -2.11. The third-order valence-electron chi connectivity index (χ3n) is 5.29. The van der Waals surface area contributed by atoms with Crippen molar-refractivity contribution in [2.75, 3.05) is 11.1 Å². The molecule has 3 aromatic carbocycles. The zero-order valence-corrected chi connectivity index (χ0v) is 18.3. The van der Waals surface area contributed by atoms with Crippen LogP contribution in [0.25, 0.3) is 33.2 Å². The first-order valence-electron chi connectivity index (χ1n) is 10.4. The fraction of sp³-hybridized carbons (Fsp3) is 0.120. The fourth-order valence-corrected chi connectivity index (χ4v) is 4.25. The van der Waals surface area contributed by atoms with Gasteiger partial charge in [-0.1, -0.05) is 73.3 Å². The predicted octanol–water partition coefficient (Wildman–Crippen LogP) is 5.47. The third kappa shape index (κ3) is 4.07. The van der Waals surface area contributed by atoms with Crippen LogP contribution in [0.2, 0.25) is 0 Å². The Morgan fingerprint density at radius 1 is 1.00 bits per heavy atom. The second kappa shape index (κ2) is 8.80. The minimum absolute atomic E-state index is 0.119. The molecule has 0 bridgehead atoms. The van der Waals surface area contributed by atoms with Crippen molar-refractivity contribution < 1.29 is 4.79 Å². The molecule has 32 heavy (non-hydrogen) atoms. The summed E-state index contributed by atoms with van der Waals surface area (Å²) in [5.41, 5.74) is 6.47. The van der Waals surface area contributed by atoms with Gasteiger partial charge < -0.3 is 10.3 Å². The fourth-order valence-electron chi connectivity index (χ4n) is 3.66. The molecule has 0 saturated carbocycles. The van der Waals surface area contributed by atoms with Gasteiger partial charge in [0.1, 0.15) is 5.52 Å². The van der Waals surface area contributed by atoms with Crippen LogP contribution in [-0.4, -0.2) is 31.8 Å². The van der Waals surface area contributed by atoms with Crippen molar-refractivity contribution in [3.8, 4) is 11.1 Å². The van der Waals surface area contributed by atoms with E-state index in [0.717, 1.165) is 39.7 Å². The summed E-state index contributed by atoms with van der Waals surface area (Å²) in [5.74, 6) is 0.0718. The van der Waals surface area contributed by atoms with Crippen LogP contribution in [-0.2, 0) is 11.2 Å². The quantitative estimate of drug-likeness (QED) is 0.343. The third-order valence-corrected chi connectivity index (χ3v) is 6.12. The number of carbonyl (C=O) groups is 1. The topological polar surface area (TPSA) is 83.6 Å². The number of para-hydroxylation sites is 1. The number of carbonyl (C=O) groups excluding carboxylic acids is 1. The number of nitrogens with zero attached hydrogens (tertiary/aromatic N) is 3. The van der Waals surface area contributed by atoms with Crippen LogP contribution in [0.15, 0.2) is 78.0 Å². The molecular formula is C25H21N5OS. The van der Waals surface area contributed by atoms with Crippen molar-refractivity contribution in [1.82, 2.24) is 20.2 Å². The minimum Gasteiger partial charge on any atom is -0.338 e. The zero-order valence-electron chi connectivity index (χ0n) is 17.5. The lowest BCUT2D eigenvalue weighted by atomic mass is 10.0. The van der Waals surface area contributed by atoms with Gasteiger partial charge in [0.2, 0.25) is 11.1 Å². The molecule has 0 atom stereocenters. The predicted molar refractivity (Wildman–Crippen MR) is 130 cm³/mol. The van der Waals surface area contributed by atoms with Crippen molar-refractivity contribution in [3.63, 3.8) is 0 Å². The summed E-state index contributed by atoms with van der Waals surface area (Å²) < 4.78 is 0. The number of H-pyrrole nitrogens is 1. The highest BCUT2D eigenvalue weighted by Crippen LogP contribution is 2.28. The van der Waals surface area contributed by atoms with Gasteiger partial charge in [0, 0.05) is 22.2 Å². The SMILES string of the molecule is CCc1ccc2[nH]c3nc(SCC(=O)Nc4ccccc4-c4ccccc4)nnc3c2c1. The molecule has 2 N–H and O–H groups in total. The van der Waals surface area contributed by atoms with E-state index in [9.17, 15) is 4.79 Å². The molecule has 0 fully saturated rings. The number of aromatic amines is 1. The van der Waals surface area contributed by atoms with E-state index in [1.54, 1.807) is 0 Å². The normalized spacial score (nSPS) is 11.2. The summed E-state index contributed by atoms with van der Waals surface area (Å²) in [4.78, 5) is 20.5. The molecule has 0 unspecified atom stereocenters. The molecule has 0 aliphatic rings. The second-order valence-electron chi connectivity index (χ2n) is 7.40. The number of anilines is 1. The lowest BCUT2D eigenvalue weighted by Crippen LogP contribution is -2.15. The Morgan fingerprint density at radius 3 is 2.66 bits per heavy atom. The molecule has 5 rings (SSSR count). The van der Waals surface area contributed by atoms with E-state index in [4.69, 9.17) is 0 Å². The van der Waals surface area contributed by atoms with Gasteiger partial charge in [0.05, 0.1) is 5.75 Å². The summed E-state index contributed by atoms with van der Waals surface area (Å²) in [6.07, 6.45) is 0.958. The molecule has 0 aliphatic heterocycles. The average molecular weight is 440 g/mol. The van der Waals surface area contributed by atoms with Gasteiger partial charge in [-0.2, -0.15) is 0 Å². The number of nitrogens with one attached hydrogen (secondary N) is 2. The first-order chi connectivity index (χ1) is 15.7. The molecule has 6 nitrogen and oxygen atoms in total. The molecule has 158 valence electrons. The molecule has 5 aromatic rings. The van der Waals surface area contributed by atoms with Gasteiger partial charge >= 0.3 is 0 Å². The van der Waals surface area contributed by atoms with Crippen molar-refractivity contribution in [2.45, 2.75) is 18.5 Å². The monoisotopic (exact) mass is 439 g/mol. The number of aromatic nitrogens is 4. The number of amides is 1. The largest absolute Gasteiger partial charge is 0.338 e. The molecule has 0 radical (unpaired) electrons. The van der Waals surface area contributed by atoms with Gasteiger partial charge in [-0.05, 0) is 35.7 Å². The number of hydrogen-bond donors (Lipinski definition) is 2. The van der Waals surface area contributed by atoms with E-state index in [0.29, 0.717) is 10.8 Å². The number of rotatable bonds is 6. The molecule has 0 aliphatic carbocycles.